The Morgan fingerprint density at radius 3 is 2.41 bits per heavy atom. The third kappa shape index (κ3) is 6.72. The average molecular weight is 544 g/mol. The van der Waals surface area contributed by atoms with E-state index in [1.165, 1.54) is 6.07 Å². The van der Waals surface area contributed by atoms with Crippen molar-refractivity contribution in [1.29, 1.82) is 0 Å². The summed E-state index contributed by atoms with van der Waals surface area (Å²) in [5, 5.41) is 4.32. The van der Waals surface area contributed by atoms with Gasteiger partial charge in [-0.25, -0.2) is 14.2 Å². The molecule has 4 fully saturated rings. The summed E-state index contributed by atoms with van der Waals surface area (Å²) in [5.41, 5.74) is 3.86. The van der Waals surface area contributed by atoms with Crippen molar-refractivity contribution < 1.29 is 23.5 Å². The van der Waals surface area contributed by atoms with Gasteiger partial charge in [-0.05, 0) is 89.6 Å². The van der Waals surface area contributed by atoms with E-state index in [1.54, 1.807) is 6.07 Å². The van der Waals surface area contributed by atoms with E-state index in [2.05, 4.69) is 20.5 Å². The van der Waals surface area contributed by atoms with Gasteiger partial charge in [-0.2, -0.15) is 0 Å². The molecule has 0 radical (unpaired) electrons. The number of hydrogen-bond donors (Lipinski definition) is 2. The lowest BCUT2D eigenvalue weighted by Gasteiger charge is -2.55. The summed E-state index contributed by atoms with van der Waals surface area (Å²) in [5.74, 6) is -0.728. The van der Waals surface area contributed by atoms with Gasteiger partial charge >= 0.3 is 6.09 Å². The van der Waals surface area contributed by atoms with Crippen LogP contribution < -0.4 is 15.6 Å². The first-order valence-corrected chi connectivity index (χ1v) is 14.3. The van der Waals surface area contributed by atoms with E-state index in [0.29, 0.717) is 23.6 Å². The van der Waals surface area contributed by atoms with E-state index in [1.807, 2.05) is 31.8 Å². The van der Waals surface area contributed by atoms with E-state index < -0.39 is 11.5 Å². The van der Waals surface area contributed by atoms with Gasteiger partial charge in [0.1, 0.15) is 11.4 Å². The first kappa shape index (κ1) is 27.8. The van der Waals surface area contributed by atoms with Gasteiger partial charge in [-0.1, -0.05) is 6.07 Å². The lowest BCUT2D eigenvalue weighted by molar-refractivity contribution is -0.134. The van der Waals surface area contributed by atoms with E-state index >= 15 is 4.39 Å². The Labute approximate surface area is 230 Å². The smallest absolute Gasteiger partial charge is 0.422 e. The van der Waals surface area contributed by atoms with E-state index in [0.717, 1.165) is 71.5 Å². The lowest BCUT2D eigenvalue weighted by atomic mass is 9.71. The second-order valence-electron chi connectivity index (χ2n) is 12.9. The van der Waals surface area contributed by atoms with Crippen LogP contribution in [0.15, 0.2) is 18.2 Å². The zero-order chi connectivity index (χ0) is 27.8. The fraction of sp³-hybridized carbons (Fsp3) is 0.690. The molecule has 4 aliphatic rings. The highest BCUT2D eigenvalue weighted by molar-refractivity contribution is 6.00. The largest absolute Gasteiger partial charge is 0.443 e. The molecule has 5 rings (SSSR count). The molecule has 3 amide bonds. The number of hydrazine groups is 1. The predicted molar refractivity (Wildman–Crippen MR) is 146 cm³/mol. The van der Waals surface area contributed by atoms with Crippen molar-refractivity contribution in [2.45, 2.75) is 70.8 Å². The number of imide groups is 1. The van der Waals surface area contributed by atoms with Crippen LogP contribution in [0.3, 0.4) is 0 Å². The topological polar surface area (TPSA) is 94.2 Å². The second-order valence-corrected chi connectivity index (χ2v) is 12.9. The van der Waals surface area contributed by atoms with Gasteiger partial charge in [0.25, 0.3) is 0 Å². The maximum Gasteiger partial charge on any atom is 0.422 e. The Morgan fingerprint density at radius 2 is 1.79 bits per heavy atom. The molecular formula is C29H42FN5O4. The fourth-order valence-corrected chi connectivity index (χ4v) is 6.49. The summed E-state index contributed by atoms with van der Waals surface area (Å²) in [7, 11) is 0. The molecular weight excluding hydrogens is 501 g/mol. The molecule has 9 nitrogen and oxygen atoms in total. The summed E-state index contributed by atoms with van der Waals surface area (Å²) in [6.45, 7) is 12.2. The lowest BCUT2D eigenvalue weighted by Crippen LogP contribution is -2.61. The molecule has 1 aromatic carbocycles. The number of nitrogens with one attached hydrogen (secondary N) is 2. The third-order valence-corrected chi connectivity index (χ3v) is 8.70. The monoisotopic (exact) mass is 543 g/mol. The highest BCUT2D eigenvalue weighted by Crippen LogP contribution is 2.44. The van der Waals surface area contributed by atoms with Crippen molar-refractivity contribution in [3.63, 3.8) is 0 Å². The number of hydrogen-bond acceptors (Lipinski definition) is 7. The molecule has 1 unspecified atom stereocenters. The second kappa shape index (κ2) is 11.0. The number of rotatable bonds is 5. The fourth-order valence-electron chi connectivity index (χ4n) is 6.49. The molecule has 39 heavy (non-hydrogen) atoms. The van der Waals surface area contributed by atoms with Crippen LogP contribution in [-0.4, -0.2) is 79.2 Å². The average Bonchev–Trinajstić information content (AvgIpc) is 2.83. The van der Waals surface area contributed by atoms with Crippen LogP contribution in [0.5, 0.6) is 0 Å². The molecule has 0 bridgehead atoms. The minimum Gasteiger partial charge on any atom is -0.443 e. The molecule has 1 spiro atoms. The zero-order valence-electron chi connectivity index (χ0n) is 23.4. The van der Waals surface area contributed by atoms with Crippen LogP contribution in [0.25, 0.3) is 0 Å². The van der Waals surface area contributed by atoms with Crippen LogP contribution in [0, 0.1) is 17.2 Å². The van der Waals surface area contributed by atoms with Gasteiger partial charge < -0.3 is 14.5 Å². The molecule has 10 heteroatoms. The van der Waals surface area contributed by atoms with Gasteiger partial charge in [-0.3, -0.25) is 20.3 Å². The molecule has 4 heterocycles. The van der Waals surface area contributed by atoms with E-state index in [-0.39, 0.29) is 35.6 Å². The van der Waals surface area contributed by atoms with Crippen LogP contribution >= 0.6 is 0 Å². The number of piperidine rings is 3. The van der Waals surface area contributed by atoms with Crippen LogP contribution in [0.1, 0.15) is 70.8 Å². The predicted octanol–water partition coefficient (Wildman–Crippen LogP) is 3.40. The minimum absolute atomic E-state index is 0.256. The van der Waals surface area contributed by atoms with Crippen LogP contribution in [0.2, 0.25) is 0 Å². The van der Waals surface area contributed by atoms with Crippen molar-refractivity contribution >= 4 is 23.6 Å². The third-order valence-electron chi connectivity index (χ3n) is 8.70. The highest BCUT2D eigenvalue weighted by atomic mass is 19.1. The van der Waals surface area contributed by atoms with Gasteiger partial charge in [-0.15, -0.1) is 0 Å². The quantitative estimate of drug-likeness (QED) is 0.550. The Bertz CT molecular complexity index is 1080. The standard InChI is InChI=1S/C29H42FN5O4/c1-28(2,3)39-27(38)32-35-12-8-20(9-13-35)17-33-14-10-29(11-15-33)18-34(19-29)24-6-4-21(16-23(24)30)22-5-7-25(36)31-26(22)37/h4,6,16,20,22H,5,7-15,17-19H2,1-3H3,(H,32,38)(H,31,36,37). The molecule has 2 N–H and O–H groups in total. The van der Waals surface area contributed by atoms with Crippen molar-refractivity contribution in [1.82, 2.24) is 20.7 Å². The maximum absolute atomic E-state index is 15.0. The van der Waals surface area contributed by atoms with Crippen molar-refractivity contribution in [3.8, 4) is 0 Å². The Balaban J connectivity index is 1.04. The molecule has 1 atom stereocenters. The minimum atomic E-state index is -0.498. The molecule has 214 valence electrons. The summed E-state index contributed by atoms with van der Waals surface area (Å²) in [6.07, 6.45) is 4.68. The SMILES string of the molecule is CC(C)(C)OC(=O)NN1CCC(CN2CCC3(CC2)CN(c2ccc(C4CCC(=O)NC4=O)cc2F)C3)CC1. The molecule has 0 saturated carbocycles. The molecule has 0 aliphatic carbocycles. The van der Waals surface area contributed by atoms with Crippen molar-refractivity contribution in [2.75, 3.05) is 50.7 Å². The first-order chi connectivity index (χ1) is 18.5. The Morgan fingerprint density at radius 1 is 1.10 bits per heavy atom. The Kier molecular flexibility index (Phi) is 7.88. The highest BCUT2D eigenvalue weighted by Gasteiger charge is 2.45. The number of anilines is 1. The molecule has 0 aromatic heterocycles. The van der Waals surface area contributed by atoms with E-state index in [9.17, 15) is 14.4 Å². The normalized spacial score (nSPS) is 24.8. The number of halogens is 1. The van der Waals surface area contributed by atoms with Gasteiger partial charge in [0.05, 0.1) is 11.6 Å². The summed E-state index contributed by atoms with van der Waals surface area (Å²) >= 11 is 0. The molecule has 4 saturated heterocycles. The van der Waals surface area contributed by atoms with Crippen LogP contribution in [-0.2, 0) is 14.3 Å². The van der Waals surface area contributed by atoms with Gasteiger partial charge in [0, 0.05) is 44.6 Å². The summed E-state index contributed by atoms with van der Waals surface area (Å²) in [4.78, 5) is 40.3. The maximum atomic E-state index is 15.0. The van der Waals surface area contributed by atoms with Gasteiger partial charge in [0.2, 0.25) is 11.8 Å². The zero-order valence-corrected chi connectivity index (χ0v) is 23.4. The summed E-state index contributed by atoms with van der Waals surface area (Å²) < 4.78 is 20.4. The Hall–Kier alpha value is -2.72. The van der Waals surface area contributed by atoms with Crippen LogP contribution in [0.4, 0.5) is 14.9 Å². The number of carbonyl (C=O) groups is 3. The molecule has 4 aliphatic heterocycles. The molecule has 1 aromatic rings. The number of carbonyl (C=O) groups excluding carboxylic acids is 3. The number of benzene rings is 1. The number of ether oxygens (including phenoxy) is 1. The summed E-state index contributed by atoms with van der Waals surface area (Å²) in [6, 6.07) is 5.10. The number of likely N-dealkylation sites (tertiary alicyclic amines) is 1. The van der Waals surface area contributed by atoms with Gasteiger partial charge in [0.15, 0.2) is 0 Å². The van der Waals surface area contributed by atoms with Crippen molar-refractivity contribution in [2.24, 2.45) is 11.3 Å². The van der Waals surface area contributed by atoms with E-state index in [4.69, 9.17) is 4.74 Å². The number of amides is 3. The van der Waals surface area contributed by atoms with Crippen molar-refractivity contribution in [3.05, 3.63) is 29.6 Å². The number of nitrogens with zero attached hydrogens (tertiary/aromatic N) is 3. The first-order valence-electron chi connectivity index (χ1n) is 14.3.